The number of benzene rings is 1. The van der Waals surface area contributed by atoms with Gasteiger partial charge in [0.1, 0.15) is 0 Å². The second-order valence-electron chi connectivity index (χ2n) is 14.8. The fourth-order valence-electron chi connectivity index (χ4n) is 8.86. The molecule has 1 aromatic carbocycles. The van der Waals surface area contributed by atoms with Gasteiger partial charge in [0.15, 0.2) is 12.6 Å². The molecule has 0 radical (unpaired) electrons. The average molecular weight is 665 g/mol. The van der Waals surface area contributed by atoms with Crippen LogP contribution in [-0.2, 0) is 39.8 Å². The summed E-state index contributed by atoms with van der Waals surface area (Å²) in [4.78, 5) is 13.1. The molecule has 3 aliphatic carbocycles. The minimum absolute atomic E-state index is 0.0693. The summed E-state index contributed by atoms with van der Waals surface area (Å²) in [5.74, 6) is 1.28. The van der Waals surface area contributed by atoms with Gasteiger partial charge in [0, 0.05) is 25.7 Å². The molecular formula is C41H60O7. The van der Waals surface area contributed by atoms with Crippen molar-refractivity contribution in [2.75, 3.05) is 26.9 Å². The van der Waals surface area contributed by atoms with E-state index in [-0.39, 0.29) is 42.6 Å². The standard InChI is InChI=1S/C41H60O7/c1-43-41(42)34(18-8-11-23-44-29-30-14-4-2-5-15-30)32-26-33-28-38(48-40-20-10-13-25-46-40)35(36(33)27-32)21-22-37(31-16-6-3-7-17-31)47-39-19-9-12-24-45-39/h2,4-5,14-15,21-22,26,31,33-40H,3,6-13,16-20,23-25,27-29H2,1H3. The Labute approximate surface area is 289 Å². The van der Waals surface area contributed by atoms with Crippen molar-refractivity contribution in [3.63, 3.8) is 0 Å². The largest absolute Gasteiger partial charge is 0.469 e. The van der Waals surface area contributed by atoms with Gasteiger partial charge in [0.05, 0.1) is 31.8 Å². The molecule has 0 spiro atoms. The molecule has 2 aliphatic heterocycles. The number of allylic oxidation sites excluding steroid dienone is 1. The summed E-state index contributed by atoms with van der Waals surface area (Å²) >= 11 is 0. The van der Waals surface area contributed by atoms with E-state index >= 15 is 0 Å². The molecule has 6 rings (SSSR count). The Hall–Kier alpha value is -2.03. The summed E-state index contributed by atoms with van der Waals surface area (Å²) in [5, 5.41) is 0. The van der Waals surface area contributed by atoms with E-state index in [4.69, 9.17) is 28.4 Å². The zero-order chi connectivity index (χ0) is 33.0. The second-order valence-corrected chi connectivity index (χ2v) is 14.8. The molecular weight excluding hydrogens is 604 g/mol. The molecule has 5 aliphatic rings. The van der Waals surface area contributed by atoms with Crippen LogP contribution in [0.25, 0.3) is 0 Å². The van der Waals surface area contributed by atoms with E-state index in [1.807, 2.05) is 18.2 Å². The molecule has 1 aromatic rings. The smallest absolute Gasteiger partial charge is 0.312 e. The van der Waals surface area contributed by atoms with E-state index in [0.717, 1.165) is 77.4 Å². The number of carbonyl (C=O) groups is 1. The molecule has 0 N–H and O–H groups in total. The molecule has 0 amide bonds. The van der Waals surface area contributed by atoms with Gasteiger partial charge >= 0.3 is 5.97 Å². The van der Waals surface area contributed by atoms with Gasteiger partial charge < -0.3 is 28.4 Å². The van der Waals surface area contributed by atoms with Crippen molar-refractivity contribution >= 4 is 5.97 Å². The first-order valence-corrected chi connectivity index (χ1v) is 19.3. The second kappa shape index (κ2) is 18.8. The van der Waals surface area contributed by atoms with Gasteiger partial charge in [-0.05, 0) is 107 Å². The van der Waals surface area contributed by atoms with Crippen LogP contribution in [0.5, 0.6) is 0 Å². The summed E-state index contributed by atoms with van der Waals surface area (Å²) in [6.45, 7) is 2.90. The summed E-state index contributed by atoms with van der Waals surface area (Å²) in [6, 6.07) is 10.3. The van der Waals surface area contributed by atoms with Crippen LogP contribution in [0.2, 0.25) is 0 Å². The van der Waals surface area contributed by atoms with Crippen LogP contribution in [-0.4, -0.2) is 57.7 Å². The summed E-state index contributed by atoms with van der Waals surface area (Å²) < 4.78 is 36.9. The molecule has 2 saturated heterocycles. The first-order chi connectivity index (χ1) is 23.7. The van der Waals surface area contributed by atoms with E-state index in [1.165, 1.54) is 56.8 Å². The number of rotatable bonds is 16. The van der Waals surface area contributed by atoms with Gasteiger partial charge in [0.2, 0.25) is 0 Å². The van der Waals surface area contributed by atoms with Crippen molar-refractivity contribution in [3.05, 3.63) is 59.7 Å². The van der Waals surface area contributed by atoms with Crippen LogP contribution in [0.15, 0.2) is 54.1 Å². The van der Waals surface area contributed by atoms with Gasteiger partial charge in [-0.2, -0.15) is 0 Å². The maximum atomic E-state index is 13.1. The normalized spacial score (nSPS) is 31.0. The van der Waals surface area contributed by atoms with Gasteiger partial charge in [-0.3, -0.25) is 4.79 Å². The predicted molar refractivity (Wildman–Crippen MR) is 186 cm³/mol. The minimum Gasteiger partial charge on any atom is -0.469 e. The maximum absolute atomic E-state index is 13.1. The lowest BCUT2D eigenvalue weighted by molar-refractivity contribution is -0.193. The van der Waals surface area contributed by atoms with E-state index in [0.29, 0.717) is 31.0 Å². The lowest BCUT2D eigenvalue weighted by Crippen LogP contribution is -2.33. The van der Waals surface area contributed by atoms with E-state index in [9.17, 15) is 4.79 Å². The fourth-order valence-corrected chi connectivity index (χ4v) is 8.86. The third-order valence-electron chi connectivity index (χ3n) is 11.5. The lowest BCUT2D eigenvalue weighted by atomic mass is 9.83. The molecule has 8 unspecified atom stereocenters. The molecule has 4 fully saturated rings. The lowest BCUT2D eigenvalue weighted by Gasteiger charge is -2.33. The van der Waals surface area contributed by atoms with Crippen LogP contribution in [0, 0.1) is 29.6 Å². The molecule has 2 saturated carbocycles. The number of carbonyl (C=O) groups excluding carboxylic acids is 1. The van der Waals surface area contributed by atoms with Crippen LogP contribution in [0.3, 0.4) is 0 Å². The van der Waals surface area contributed by atoms with Crippen molar-refractivity contribution in [2.24, 2.45) is 29.6 Å². The Morgan fingerprint density at radius 3 is 2.40 bits per heavy atom. The van der Waals surface area contributed by atoms with Gasteiger partial charge in [-0.25, -0.2) is 0 Å². The molecule has 7 heteroatoms. The number of esters is 1. The highest BCUT2D eigenvalue weighted by atomic mass is 16.7. The first-order valence-electron chi connectivity index (χ1n) is 19.3. The summed E-state index contributed by atoms with van der Waals surface area (Å²) in [7, 11) is 1.52. The summed E-state index contributed by atoms with van der Waals surface area (Å²) in [5.41, 5.74) is 2.44. The highest BCUT2D eigenvalue weighted by molar-refractivity contribution is 5.76. The number of methoxy groups -OCH3 is 1. The minimum atomic E-state index is -0.192. The van der Waals surface area contributed by atoms with Gasteiger partial charge in [0.25, 0.3) is 0 Å². The number of fused-ring (bicyclic) bond motifs is 1. The third kappa shape index (κ3) is 10.0. The van der Waals surface area contributed by atoms with Crippen LogP contribution in [0.1, 0.15) is 108 Å². The highest BCUT2D eigenvalue weighted by Crippen LogP contribution is 2.51. The Morgan fingerprint density at radius 1 is 0.917 bits per heavy atom. The molecule has 8 atom stereocenters. The number of hydrogen-bond acceptors (Lipinski definition) is 7. The van der Waals surface area contributed by atoms with Crippen LogP contribution in [0.4, 0.5) is 0 Å². The average Bonchev–Trinajstić information content (AvgIpc) is 3.68. The number of unbranched alkanes of at least 4 members (excludes halogenated alkanes) is 1. The zero-order valence-electron chi connectivity index (χ0n) is 29.3. The Kier molecular flexibility index (Phi) is 14.0. The van der Waals surface area contributed by atoms with Crippen LogP contribution >= 0.6 is 0 Å². The first kappa shape index (κ1) is 35.8. The topological polar surface area (TPSA) is 72.5 Å². The summed E-state index contributed by atoms with van der Waals surface area (Å²) in [6.07, 6.45) is 24.6. The quantitative estimate of drug-likeness (QED) is 0.0995. The zero-order valence-corrected chi connectivity index (χ0v) is 29.3. The number of ether oxygens (including phenoxy) is 6. The predicted octanol–water partition coefficient (Wildman–Crippen LogP) is 8.71. The van der Waals surface area contributed by atoms with Gasteiger partial charge in [-0.1, -0.05) is 73.4 Å². The Bertz CT molecular complexity index is 1150. The molecule has 2 heterocycles. The molecule has 48 heavy (non-hydrogen) atoms. The van der Waals surface area contributed by atoms with Gasteiger partial charge in [-0.15, -0.1) is 0 Å². The van der Waals surface area contributed by atoms with Crippen molar-refractivity contribution in [2.45, 2.75) is 134 Å². The molecule has 0 aromatic heterocycles. The van der Waals surface area contributed by atoms with E-state index < -0.39 is 0 Å². The van der Waals surface area contributed by atoms with Crippen LogP contribution < -0.4 is 0 Å². The van der Waals surface area contributed by atoms with Crippen molar-refractivity contribution in [3.8, 4) is 0 Å². The SMILES string of the molecule is COC(=O)C(CCCCOCc1ccccc1)C1=CC2CC(OC3CCCCO3)C(C=CC(OC3CCCCO3)C3CCCCC3)C2C1. The number of hydrogen-bond donors (Lipinski definition) is 0. The molecule has 0 bridgehead atoms. The Balaban J connectivity index is 1.11. The third-order valence-corrected chi connectivity index (χ3v) is 11.5. The molecule has 7 nitrogen and oxygen atoms in total. The molecule has 266 valence electrons. The van der Waals surface area contributed by atoms with E-state index in [1.54, 1.807) is 0 Å². The Morgan fingerprint density at radius 2 is 1.67 bits per heavy atom. The highest BCUT2D eigenvalue weighted by Gasteiger charge is 2.47. The fraction of sp³-hybridized carbons (Fsp3) is 0.732. The monoisotopic (exact) mass is 664 g/mol. The van der Waals surface area contributed by atoms with E-state index in [2.05, 4.69) is 30.4 Å². The van der Waals surface area contributed by atoms with Crippen molar-refractivity contribution < 1.29 is 33.2 Å². The van der Waals surface area contributed by atoms with Crippen molar-refractivity contribution in [1.82, 2.24) is 0 Å². The maximum Gasteiger partial charge on any atom is 0.312 e. The van der Waals surface area contributed by atoms with Crippen molar-refractivity contribution in [1.29, 1.82) is 0 Å².